The summed E-state index contributed by atoms with van der Waals surface area (Å²) in [6, 6.07) is 7.20. The van der Waals surface area contributed by atoms with Crippen molar-refractivity contribution in [3.05, 3.63) is 76.0 Å². The van der Waals surface area contributed by atoms with Crippen LogP contribution in [-0.2, 0) is 6.42 Å². The van der Waals surface area contributed by atoms with Gasteiger partial charge in [-0.2, -0.15) is 5.26 Å². The van der Waals surface area contributed by atoms with Crippen molar-refractivity contribution in [2.24, 2.45) is 0 Å². The van der Waals surface area contributed by atoms with Crippen LogP contribution in [0, 0.1) is 17.1 Å². The Hall–Kier alpha value is -3.51. The van der Waals surface area contributed by atoms with Crippen molar-refractivity contribution in [1.29, 1.82) is 5.26 Å². The van der Waals surface area contributed by atoms with Crippen LogP contribution in [0.2, 0.25) is 0 Å². The van der Waals surface area contributed by atoms with Gasteiger partial charge in [-0.3, -0.25) is 0 Å². The number of nitrogens with two attached hydrogens (primary N) is 1. The van der Waals surface area contributed by atoms with Gasteiger partial charge in [-0.15, -0.1) is 0 Å². The van der Waals surface area contributed by atoms with E-state index in [0.29, 0.717) is 16.7 Å². The molecule has 0 spiro atoms. The van der Waals surface area contributed by atoms with Gasteiger partial charge in [-0.1, -0.05) is 12.1 Å². The predicted molar refractivity (Wildman–Crippen MR) is 112 cm³/mol. The van der Waals surface area contributed by atoms with Crippen LogP contribution in [0.1, 0.15) is 64.4 Å². The molecule has 5 nitrogen and oxygen atoms in total. The van der Waals surface area contributed by atoms with E-state index in [4.69, 9.17) is 5.73 Å². The fourth-order valence-corrected chi connectivity index (χ4v) is 5.15. The van der Waals surface area contributed by atoms with Gasteiger partial charge in [-0.05, 0) is 58.4 Å². The molecule has 3 atom stereocenters. The van der Waals surface area contributed by atoms with Gasteiger partial charge in [0.25, 0.3) is 5.92 Å². The first-order valence-corrected chi connectivity index (χ1v) is 10.4. The minimum absolute atomic E-state index is 0.0172. The van der Waals surface area contributed by atoms with E-state index in [2.05, 4.69) is 9.97 Å². The second-order valence-electron chi connectivity index (χ2n) is 8.42. The molecule has 0 bridgehead atoms. The Morgan fingerprint density at radius 2 is 1.91 bits per heavy atom. The Balaban J connectivity index is 1.76. The Labute approximate surface area is 186 Å². The summed E-state index contributed by atoms with van der Waals surface area (Å²) in [6.45, 7) is 0. The van der Waals surface area contributed by atoms with Crippen molar-refractivity contribution in [3.8, 4) is 17.2 Å². The van der Waals surface area contributed by atoms with Gasteiger partial charge in [0.15, 0.2) is 0 Å². The molecule has 3 N–H and O–H groups in total. The van der Waals surface area contributed by atoms with E-state index in [1.165, 1.54) is 12.5 Å². The number of anilines is 1. The third-order valence-electron chi connectivity index (χ3n) is 6.58. The molecule has 1 aromatic heterocycles. The summed E-state index contributed by atoms with van der Waals surface area (Å²) in [6.07, 6.45) is -1.34. The number of alkyl halides is 3. The summed E-state index contributed by atoms with van der Waals surface area (Å²) >= 11 is 0. The van der Waals surface area contributed by atoms with Crippen LogP contribution in [0.25, 0.3) is 11.1 Å². The normalized spacial score (nSPS) is 23.0. The van der Waals surface area contributed by atoms with Gasteiger partial charge < -0.3 is 10.8 Å². The lowest BCUT2D eigenvalue weighted by molar-refractivity contribution is -0.0966. The van der Waals surface area contributed by atoms with Gasteiger partial charge in [-0.25, -0.2) is 27.5 Å². The molecule has 168 valence electrons. The maximum Gasteiger partial charge on any atom is 0.281 e. The summed E-state index contributed by atoms with van der Waals surface area (Å²) in [5.41, 5.74) is 7.57. The van der Waals surface area contributed by atoms with E-state index < -0.39 is 36.4 Å². The minimum atomic E-state index is -3.43. The van der Waals surface area contributed by atoms with E-state index in [1.807, 2.05) is 6.07 Å². The zero-order valence-electron chi connectivity index (χ0n) is 17.2. The molecule has 3 aromatic rings. The number of aromatic nitrogens is 2. The Morgan fingerprint density at radius 1 is 1.12 bits per heavy atom. The number of nitrogens with zero attached hydrogens (tertiary/aromatic N) is 3. The molecule has 0 unspecified atom stereocenters. The van der Waals surface area contributed by atoms with E-state index in [9.17, 15) is 27.9 Å². The van der Waals surface area contributed by atoms with Crippen molar-refractivity contribution >= 4 is 5.82 Å². The Bertz CT molecular complexity index is 1320. The number of halogens is 4. The van der Waals surface area contributed by atoms with E-state index in [1.54, 1.807) is 12.1 Å². The second kappa shape index (κ2) is 7.52. The first kappa shape index (κ1) is 21.3. The number of nitriles is 1. The van der Waals surface area contributed by atoms with Crippen molar-refractivity contribution in [1.82, 2.24) is 9.97 Å². The number of benzene rings is 2. The number of nitrogen functional groups attached to an aromatic ring is 1. The summed E-state index contributed by atoms with van der Waals surface area (Å²) < 4.78 is 58.2. The minimum Gasteiger partial charge on any atom is -0.383 e. The fourth-order valence-electron chi connectivity index (χ4n) is 5.15. The van der Waals surface area contributed by atoms with Gasteiger partial charge in [0.05, 0.1) is 11.6 Å². The highest BCUT2D eigenvalue weighted by Crippen LogP contribution is 2.53. The second-order valence-corrected chi connectivity index (χ2v) is 8.42. The van der Waals surface area contributed by atoms with Crippen LogP contribution >= 0.6 is 0 Å². The summed E-state index contributed by atoms with van der Waals surface area (Å²) in [7, 11) is 0. The van der Waals surface area contributed by atoms with E-state index in [0.717, 1.165) is 12.1 Å². The number of aliphatic hydroxyl groups is 1. The lowest BCUT2D eigenvalue weighted by Gasteiger charge is -2.31. The molecule has 2 aromatic carbocycles. The monoisotopic (exact) mass is 454 g/mol. The lowest BCUT2D eigenvalue weighted by atomic mass is 9.74. The maximum absolute atomic E-state index is 14.8. The summed E-state index contributed by atoms with van der Waals surface area (Å²) in [5, 5.41) is 20.1. The molecular formula is C24H18F4N4O. The zero-order chi connectivity index (χ0) is 23.5. The highest BCUT2D eigenvalue weighted by Gasteiger charge is 2.50. The molecular weight excluding hydrogens is 436 g/mol. The molecule has 1 heterocycles. The van der Waals surface area contributed by atoms with Crippen molar-refractivity contribution in [2.75, 3.05) is 5.73 Å². The van der Waals surface area contributed by atoms with Crippen LogP contribution in [0.3, 0.4) is 0 Å². The topological polar surface area (TPSA) is 95.8 Å². The zero-order valence-corrected chi connectivity index (χ0v) is 17.2. The summed E-state index contributed by atoms with van der Waals surface area (Å²) in [4.78, 5) is 7.82. The van der Waals surface area contributed by atoms with E-state index >= 15 is 0 Å². The number of hydrogen-bond acceptors (Lipinski definition) is 5. The van der Waals surface area contributed by atoms with Crippen molar-refractivity contribution < 1.29 is 22.7 Å². The SMILES string of the molecule is N#Cc1cc(F)cc2c1[C@@H](c1ccc(-c3cncnc3N)c3c1CC(F)(F)[C@H]3O)CC[C@@H]2F. The standard InChI is InChI=1S/C24H18F4N4O/c25-12-5-11(8-29)20-14(3-4-19(26)16(20)6-12)13-1-2-15(18-9-31-10-32-23(18)30)21-17(13)7-24(27,28)22(21)33/h1-2,5-6,9-10,14,19,22,33H,3-4,7H2,(H2,30,31,32)/t14-,19+,22+/m1/s1. The molecule has 0 aliphatic heterocycles. The molecule has 33 heavy (non-hydrogen) atoms. The molecule has 0 saturated carbocycles. The van der Waals surface area contributed by atoms with Crippen LogP contribution in [0.5, 0.6) is 0 Å². The first-order valence-electron chi connectivity index (χ1n) is 10.4. The fraction of sp³-hybridized carbons (Fsp3) is 0.292. The molecule has 5 rings (SSSR count). The molecule has 0 radical (unpaired) electrons. The number of fused-ring (bicyclic) bond motifs is 2. The van der Waals surface area contributed by atoms with Crippen LogP contribution in [0.15, 0.2) is 36.8 Å². The first-order chi connectivity index (χ1) is 15.7. The molecule has 2 aliphatic rings. The van der Waals surface area contributed by atoms with Gasteiger partial charge in [0, 0.05) is 24.1 Å². The number of hydrogen-bond donors (Lipinski definition) is 2. The molecule has 0 saturated heterocycles. The Kier molecular flexibility index (Phi) is 4.87. The van der Waals surface area contributed by atoms with Crippen LogP contribution in [-0.4, -0.2) is 21.0 Å². The largest absolute Gasteiger partial charge is 0.383 e. The Morgan fingerprint density at radius 3 is 2.64 bits per heavy atom. The molecule has 2 aliphatic carbocycles. The van der Waals surface area contributed by atoms with E-state index in [-0.39, 0.29) is 46.5 Å². The van der Waals surface area contributed by atoms with Crippen molar-refractivity contribution in [3.63, 3.8) is 0 Å². The summed E-state index contributed by atoms with van der Waals surface area (Å²) in [5.74, 6) is -4.68. The third-order valence-corrected chi connectivity index (χ3v) is 6.58. The van der Waals surface area contributed by atoms with Gasteiger partial charge in [0.2, 0.25) is 0 Å². The maximum atomic E-state index is 14.8. The van der Waals surface area contributed by atoms with Crippen LogP contribution < -0.4 is 5.73 Å². The highest BCUT2D eigenvalue weighted by molar-refractivity contribution is 5.78. The number of rotatable bonds is 2. The lowest BCUT2D eigenvalue weighted by Crippen LogP contribution is -2.22. The average molecular weight is 454 g/mol. The van der Waals surface area contributed by atoms with Crippen molar-refractivity contribution in [2.45, 2.75) is 43.4 Å². The number of aliphatic hydroxyl groups excluding tert-OH is 1. The van der Waals surface area contributed by atoms with Gasteiger partial charge in [0.1, 0.15) is 30.2 Å². The smallest absolute Gasteiger partial charge is 0.281 e. The van der Waals surface area contributed by atoms with Gasteiger partial charge >= 0.3 is 0 Å². The quantitative estimate of drug-likeness (QED) is 0.537. The third kappa shape index (κ3) is 3.25. The molecule has 0 fully saturated rings. The molecule has 0 amide bonds. The average Bonchev–Trinajstić information content (AvgIpc) is 3.03. The highest BCUT2D eigenvalue weighted by atomic mass is 19.3. The van der Waals surface area contributed by atoms with Crippen LogP contribution in [0.4, 0.5) is 23.4 Å². The predicted octanol–water partition coefficient (Wildman–Crippen LogP) is 4.90. The molecule has 9 heteroatoms.